The molecule has 1 aliphatic rings. The topological polar surface area (TPSA) is 44.4 Å². The predicted octanol–water partition coefficient (Wildman–Crippen LogP) is 2.66. The summed E-state index contributed by atoms with van der Waals surface area (Å²) in [5, 5.41) is 6.79. The van der Waals surface area contributed by atoms with Crippen LogP contribution in [0.3, 0.4) is 0 Å². The molecule has 5 heteroatoms. The normalized spacial score (nSPS) is 19.5. The summed E-state index contributed by atoms with van der Waals surface area (Å²) in [5.74, 6) is -0.0289. The fraction of sp³-hybridized carbons (Fsp3) is 0.562. The van der Waals surface area contributed by atoms with Crippen LogP contribution in [0.4, 0.5) is 5.69 Å². The maximum atomic E-state index is 12.0. The van der Waals surface area contributed by atoms with Crippen molar-refractivity contribution in [3.05, 3.63) is 28.8 Å². The summed E-state index contributed by atoms with van der Waals surface area (Å²) in [6, 6.07) is 6.05. The maximum Gasteiger partial charge on any atom is 0.238 e. The number of likely N-dealkylation sites (tertiary alicyclic amines) is 1. The van der Waals surface area contributed by atoms with Gasteiger partial charge in [0.15, 0.2) is 0 Å². The van der Waals surface area contributed by atoms with Gasteiger partial charge < -0.3 is 15.5 Å². The van der Waals surface area contributed by atoms with Gasteiger partial charge in [-0.25, -0.2) is 0 Å². The van der Waals surface area contributed by atoms with Crippen LogP contribution in [0.1, 0.15) is 24.8 Å². The Hall–Kier alpha value is -1.10. The number of nitrogens with zero attached hydrogens (tertiary/aromatic N) is 1. The molecule has 2 rings (SSSR count). The van der Waals surface area contributed by atoms with Gasteiger partial charge in [-0.2, -0.15) is 0 Å². The lowest BCUT2D eigenvalue weighted by atomic mass is 10.0. The number of amides is 1. The molecule has 1 unspecified atom stereocenters. The van der Waals surface area contributed by atoms with Gasteiger partial charge in [-0.1, -0.05) is 24.1 Å². The summed E-state index contributed by atoms with van der Waals surface area (Å²) < 4.78 is 0. The quantitative estimate of drug-likeness (QED) is 0.879. The third-order valence-electron chi connectivity index (χ3n) is 4.06. The lowest BCUT2D eigenvalue weighted by Gasteiger charge is -2.32. The Balaban J connectivity index is 1.75. The summed E-state index contributed by atoms with van der Waals surface area (Å²) in [6.07, 6.45) is 3.77. The highest BCUT2D eigenvalue weighted by Crippen LogP contribution is 2.20. The lowest BCUT2D eigenvalue weighted by Crippen LogP contribution is -2.44. The van der Waals surface area contributed by atoms with Crippen LogP contribution in [0.2, 0.25) is 5.02 Å². The van der Waals surface area contributed by atoms with E-state index in [1.807, 2.05) is 19.1 Å². The number of hydrogen-bond donors (Lipinski definition) is 2. The maximum absolute atomic E-state index is 12.0. The van der Waals surface area contributed by atoms with Crippen LogP contribution < -0.4 is 10.6 Å². The monoisotopic (exact) mass is 309 g/mol. The minimum Gasteiger partial charge on any atom is -0.325 e. The minimum atomic E-state index is -0.0289. The molecular weight excluding hydrogens is 286 g/mol. The number of hydrogen-bond acceptors (Lipinski definition) is 3. The molecule has 1 aromatic carbocycles. The SMILES string of the molecule is Cc1ccc(Cl)cc1NC(=O)CNCC1CCCCN1C. The van der Waals surface area contributed by atoms with Crippen molar-refractivity contribution in [1.29, 1.82) is 0 Å². The van der Waals surface area contributed by atoms with Crippen LogP contribution >= 0.6 is 11.6 Å². The summed E-state index contributed by atoms with van der Waals surface area (Å²) >= 11 is 5.95. The number of carbonyl (C=O) groups is 1. The van der Waals surface area contributed by atoms with Crippen molar-refractivity contribution in [3.8, 4) is 0 Å². The van der Waals surface area contributed by atoms with Crippen molar-refractivity contribution in [2.75, 3.05) is 32.0 Å². The van der Waals surface area contributed by atoms with E-state index in [9.17, 15) is 4.79 Å². The molecule has 21 heavy (non-hydrogen) atoms. The van der Waals surface area contributed by atoms with Crippen molar-refractivity contribution in [3.63, 3.8) is 0 Å². The van der Waals surface area contributed by atoms with Crippen LogP contribution in [0.25, 0.3) is 0 Å². The third-order valence-corrected chi connectivity index (χ3v) is 4.30. The van der Waals surface area contributed by atoms with Crippen molar-refractivity contribution < 1.29 is 4.79 Å². The molecule has 0 spiro atoms. The van der Waals surface area contributed by atoms with Gasteiger partial charge >= 0.3 is 0 Å². The molecule has 1 heterocycles. The lowest BCUT2D eigenvalue weighted by molar-refractivity contribution is -0.115. The average Bonchev–Trinajstić information content (AvgIpc) is 2.45. The molecule has 1 fully saturated rings. The number of carbonyl (C=O) groups excluding carboxylic acids is 1. The van der Waals surface area contributed by atoms with Crippen LogP contribution in [0.5, 0.6) is 0 Å². The van der Waals surface area contributed by atoms with Gasteiger partial charge in [-0.05, 0) is 51.1 Å². The highest BCUT2D eigenvalue weighted by atomic mass is 35.5. The highest BCUT2D eigenvalue weighted by molar-refractivity contribution is 6.31. The molecule has 0 aliphatic carbocycles. The molecule has 1 amide bonds. The number of anilines is 1. The van der Waals surface area contributed by atoms with E-state index in [1.54, 1.807) is 6.07 Å². The van der Waals surface area contributed by atoms with Gasteiger partial charge in [0, 0.05) is 23.3 Å². The van der Waals surface area contributed by atoms with Crippen LogP contribution in [0.15, 0.2) is 18.2 Å². The molecule has 116 valence electrons. The van der Waals surface area contributed by atoms with Crippen LogP contribution in [-0.2, 0) is 4.79 Å². The summed E-state index contributed by atoms with van der Waals surface area (Å²) in [5.41, 5.74) is 1.80. The van der Waals surface area contributed by atoms with Gasteiger partial charge in [0.25, 0.3) is 0 Å². The third kappa shape index (κ3) is 4.99. The smallest absolute Gasteiger partial charge is 0.238 e. The Morgan fingerprint density at radius 2 is 2.24 bits per heavy atom. The second-order valence-electron chi connectivity index (χ2n) is 5.77. The van der Waals surface area contributed by atoms with E-state index >= 15 is 0 Å². The zero-order valence-corrected chi connectivity index (χ0v) is 13.5. The molecule has 2 N–H and O–H groups in total. The second-order valence-corrected chi connectivity index (χ2v) is 6.20. The first-order chi connectivity index (χ1) is 10.1. The minimum absolute atomic E-state index is 0.0289. The number of likely N-dealkylation sites (N-methyl/N-ethyl adjacent to an activating group) is 1. The molecule has 1 saturated heterocycles. The number of halogens is 1. The van der Waals surface area contributed by atoms with Crippen molar-refractivity contribution in [2.45, 2.75) is 32.2 Å². The Kier molecular flexibility index (Phi) is 6.03. The molecule has 0 aromatic heterocycles. The molecule has 0 radical (unpaired) electrons. The Labute approximate surface area is 131 Å². The fourth-order valence-corrected chi connectivity index (χ4v) is 2.85. The van der Waals surface area contributed by atoms with Gasteiger partial charge in [-0.3, -0.25) is 4.79 Å². The standard InChI is InChI=1S/C16H24ClN3O/c1-12-6-7-13(17)9-15(12)19-16(21)11-18-10-14-5-3-4-8-20(14)2/h6-7,9,14,18H,3-5,8,10-11H2,1-2H3,(H,19,21). The van der Waals surface area contributed by atoms with E-state index in [0.29, 0.717) is 17.6 Å². The Bertz CT molecular complexity index is 492. The van der Waals surface area contributed by atoms with Crippen molar-refractivity contribution in [2.24, 2.45) is 0 Å². The van der Waals surface area contributed by atoms with E-state index < -0.39 is 0 Å². The number of aryl methyl sites for hydroxylation is 1. The first kappa shape index (κ1) is 16.3. The van der Waals surface area contributed by atoms with Crippen molar-refractivity contribution in [1.82, 2.24) is 10.2 Å². The van der Waals surface area contributed by atoms with E-state index in [-0.39, 0.29) is 5.91 Å². The van der Waals surface area contributed by atoms with Crippen LogP contribution in [-0.4, -0.2) is 43.5 Å². The zero-order chi connectivity index (χ0) is 15.2. The number of benzene rings is 1. The van der Waals surface area contributed by atoms with E-state index in [1.165, 1.54) is 19.3 Å². The van der Waals surface area contributed by atoms with E-state index in [2.05, 4.69) is 22.6 Å². The Morgan fingerprint density at radius 1 is 1.43 bits per heavy atom. The van der Waals surface area contributed by atoms with Crippen LogP contribution in [0, 0.1) is 6.92 Å². The van der Waals surface area contributed by atoms with Gasteiger partial charge in [-0.15, -0.1) is 0 Å². The molecule has 0 bridgehead atoms. The summed E-state index contributed by atoms with van der Waals surface area (Å²) in [4.78, 5) is 14.3. The van der Waals surface area contributed by atoms with E-state index in [0.717, 1.165) is 24.3 Å². The molecule has 0 saturated carbocycles. The first-order valence-corrected chi connectivity index (χ1v) is 7.91. The van der Waals surface area contributed by atoms with Crippen molar-refractivity contribution >= 4 is 23.2 Å². The van der Waals surface area contributed by atoms with Gasteiger partial charge in [0.2, 0.25) is 5.91 Å². The summed E-state index contributed by atoms with van der Waals surface area (Å²) in [7, 11) is 2.15. The average molecular weight is 310 g/mol. The van der Waals surface area contributed by atoms with E-state index in [4.69, 9.17) is 11.6 Å². The highest BCUT2D eigenvalue weighted by Gasteiger charge is 2.18. The predicted molar refractivity (Wildman–Crippen MR) is 88.0 cm³/mol. The first-order valence-electron chi connectivity index (χ1n) is 7.53. The molecular formula is C16H24ClN3O. The fourth-order valence-electron chi connectivity index (χ4n) is 2.68. The largest absolute Gasteiger partial charge is 0.325 e. The number of nitrogens with one attached hydrogen (secondary N) is 2. The second kappa shape index (κ2) is 7.78. The molecule has 1 aliphatic heterocycles. The zero-order valence-electron chi connectivity index (χ0n) is 12.8. The van der Waals surface area contributed by atoms with Gasteiger partial charge in [0.05, 0.1) is 6.54 Å². The molecule has 1 aromatic rings. The number of rotatable bonds is 5. The number of piperidine rings is 1. The Morgan fingerprint density at radius 3 is 3.00 bits per heavy atom. The van der Waals surface area contributed by atoms with Gasteiger partial charge in [0.1, 0.15) is 0 Å². The molecule has 1 atom stereocenters. The summed E-state index contributed by atoms with van der Waals surface area (Å²) in [6.45, 7) is 4.30. The molecule has 4 nitrogen and oxygen atoms in total.